The first-order valence-corrected chi connectivity index (χ1v) is 4.31. The fraction of sp³-hybridized carbons (Fsp3) is 1.00. The predicted molar refractivity (Wildman–Crippen MR) is 57.3 cm³/mol. The molecule has 2 heteroatoms. The highest BCUT2D eigenvalue weighted by molar-refractivity contribution is 8.93. The van der Waals surface area contributed by atoms with Gasteiger partial charge < -0.3 is 5.73 Å². The van der Waals surface area contributed by atoms with E-state index in [-0.39, 0.29) is 22.5 Å². The molecule has 1 atom stereocenters. The van der Waals surface area contributed by atoms with E-state index in [1.165, 1.54) is 19.3 Å². The molecule has 0 radical (unpaired) electrons. The van der Waals surface area contributed by atoms with Gasteiger partial charge >= 0.3 is 0 Å². The van der Waals surface area contributed by atoms with E-state index in [1.54, 1.807) is 0 Å². The van der Waals surface area contributed by atoms with Crippen molar-refractivity contribution in [2.75, 3.05) is 0 Å². The van der Waals surface area contributed by atoms with E-state index in [0.717, 1.165) is 0 Å². The first-order chi connectivity index (χ1) is 4.52. The molecule has 0 aromatic rings. The molecule has 0 bridgehead atoms. The highest BCUT2D eigenvalue weighted by atomic mass is 79.9. The van der Waals surface area contributed by atoms with E-state index in [2.05, 4.69) is 27.7 Å². The van der Waals surface area contributed by atoms with E-state index in [9.17, 15) is 0 Å². The lowest BCUT2D eigenvalue weighted by molar-refractivity contribution is 0.290. The van der Waals surface area contributed by atoms with Gasteiger partial charge in [0.1, 0.15) is 0 Å². The number of nitrogens with two attached hydrogens (primary N) is 1. The van der Waals surface area contributed by atoms with E-state index >= 15 is 0 Å². The van der Waals surface area contributed by atoms with Crippen LogP contribution in [0.1, 0.15) is 47.0 Å². The topological polar surface area (TPSA) is 26.0 Å². The van der Waals surface area contributed by atoms with Gasteiger partial charge in [0.2, 0.25) is 0 Å². The quantitative estimate of drug-likeness (QED) is 0.780. The predicted octanol–water partition coefficient (Wildman–Crippen LogP) is 3.13. The summed E-state index contributed by atoms with van der Waals surface area (Å²) < 4.78 is 0. The highest BCUT2D eigenvalue weighted by Gasteiger charge is 2.21. The number of hydrogen-bond donors (Lipinski definition) is 1. The maximum atomic E-state index is 5.98. The zero-order chi connectivity index (χ0) is 8.20. The van der Waals surface area contributed by atoms with Crippen LogP contribution < -0.4 is 5.73 Å². The zero-order valence-corrected chi connectivity index (χ0v) is 9.90. The van der Waals surface area contributed by atoms with Gasteiger partial charge in [-0.3, -0.25) is 0 Å². The molecular formula is C9H22BrN. The SMILES string of the molecule is Br.CCCC(CC)C(C)(C)N. The largest absolute Gasteiger partial charge is 0.325 e. The van der Waals surface area contributed by atoms with E-state index in [0.29, 0.717) is 5.92 Å². The van der Waals surface area contributed by atoms with Crippen molar-refractivity contribution < 1.29 is 0 Å². The van der Waals surface area contributed by atoms with Gasteiger partial charge in [-0.15, -0.1) is 17.0 Å². The van der Waals surface area contributed by atoms with Crippen LogP contribution in [-0.4, -0.2) is 5.54 Å². The van der Waals surface area contributed by atoms with Crippen molar-refractivity contribution in [1.82, 2.24) is 0 Å². The smallest absolute Gasteiger partial charge is 0.0125 e. The molecule has 0 saturated heterocycles. The van der Waals surface area contributed by atoms with Gasteiger partial charge in [0.15, 0.2) is 0 Å². The average molecular weight is 224 g/mol. The Morgan fingerprint density at radius 1 is 1.27 bits per heavy atom. The summed E-state index contributed by atoms with van der Waals surface area (Å²) >= 11 is 0. The second-order valence-electron chi connectivity index (χ2n) is 3.72. The Kier molecular flexibility index (Phi) is 7.65. The van der Waals surface area contributed by atoms with Crippen LogP contribution in [0.3, 0.4) is 0 Å². The third kappa shape index (κ3) is 5.68. The van der Waals surface area contributed by atoms with Crippen LogP contribution in [0.4, 0.5) is 0 Å². The third-order valence-electron chi connectivity index (χ3n) is 2.18. The molecule has 0 aromatic heterocycles. The van der Waals surface area contributed by atoms with Crippen molar-refractivity contribution in [2.45, 2.75) is 52.5 Å². The van der Waals surface area contributed by atoms with Gasteiger partial charge in [0.25, 0.3) is 0 Å². The van der Waals surface area contributed by atoms with E-state index in [1.807, 2.05) is 0 Å². The van der Waals surface area contributed by atoms with Gasteiger partial charge in [-0.25, -0.2) is 0 Å². The first kappa shape index (κ1) is 14.0. The molecule has 11 heavy (non-hydrogen) atoms. The standard InChI is InChI=1S/C9H21N.BrH/c1-5-7-8(6-2)9(3,4)10;/h8H,5-7,10H2,1-4H3;1H. The molecule has 0 rings (SSSR count). The Hall–Kier alpha value is 0.440. The second-order valence-corrected chi connectivity index (χ2v) is 3.72. The Balaban J connectivity index is 0. The van der Waals surface area contributed by atoms with Crippen LogP contribution >= 0.6 is 17.0 Å². The summed E-state index contributed by atoms with van der Waals surface area (Å²) in [7, 11) is 0. The van der Waals surface area contributed by atoms with Gasteiger partial charge in [0, 0.05) is 5.54 Å². The number of rotatable bonds is 4. The van der Waals surface area contributed by atoms with Crippen molar-refractivity contribution >= 4 is 17.0 Å². The monoisotopic (exact) mass is 223 g/mol. The normalized spacial score (nSPS) is 13.9. The Morgan fingerprint density at radius 3 is 1.82 bits per heavy atom. The summed E-state index contributed by atoms with van der Waals surface area (Å²) in [6, 6.07) is 0. The zero-order valence-electron chi connectivity index (χ0n) is 8.18. The van der Waals surface area contributed by atoms with Gasteiger partial charge in [-0.05, 0) is 26.2 Å². The maximum absolute atomic E-state index is 5.98. The maximum Gasteiger partial charge on any atom is 0.0125 e. The molecule has 0 heterocycles. The number of hydrogen-bond acceptors (Lipinski definition) is 1. The van der Waals surface area contributed by atoms with Crippen LogP contribution in [0.15, 0.2) is 0 Å². The van der Waals surface area contributed by atoms with Crippen molar-refractivity contribution in [2.24, 2.45) is 11.7 Å². The third-order valence-corrected chi connectivity index (χ3v) is 2.18. The minimum absolute atomic E-state index is 0. The summed E-state index contributed by atoms with van der Waals surface area (Å²) in [4.78, 5) is 0. The Bertz CT molecular complexity index is 86.1. The molecule has 0 aromatic carbocycles. The summed E-state index contributed by atoms with van der Waals surface area (Å²) in [6.07, 6.45) is 3.72. The summed E-state index contributed by atoms with van der Waals surface area (Å²) in [6.45, 7) is 8.68. The molecule has 1 unspecified atom stereocenters. The first-order valence-electron chi connectivity index (χ1n) is 4.31. The molecule has 2 N–H and O–H groups in total. The second kappa shape index (κ2) is 6.01. The Morgan fingerprint density at radius 2 is 1.73 bits per heavy atom. The molecule has 0 saturated carbocycles. The van der Waals surface area contributed by atoms with Crippen LogP contribution in [0.5, 0.6) is 0 Å². The highest BCUT2D eigenvalue weighted by Crippen LogP contribution is 2.21. The van der Waals surface area contributed by atoms with Gasteiger partial charge in [-0.2, -0.15) is 0 Å². The molecule has 0 aliphatic heterocycles. The summed E-state index contributed by atoms with van der Waals surface area (Å²) in [5.41, 5.74) is 5.99. The van der Waals surface area contributed by atoms with Crippen LogP contribution in [0.25, 0.3) is 0 Å². The molecule has 0 fully saturated rings. The minimum atomic E-state index is 0. The Labute approximate surface area is 81.5 Å². The van der Waals surface area contributed by atoms with Gasteiger partial charge in [-0.1, -0.05) is 26.7 Å². The molecular weight excluding hydrogens is 202 g/mol. The van der Waals surface area contributed by atoms with E-state index in [4.69, 9.17) is 5.73 Å². The van der Waals surface area contributed by atoms with Crippen LogP contribution in [-0.2, 0) is 0 Å². The molecule has 70 valence electrons. The summed E-state index contributed by atoms with van der Waals surface area (Å²) in [5, 5.41) is 0. The molecule has 1 nitrogen and oxygen atoms in total. The van der Waals surface area contributed by atoms with Crippen molar-refractivity contribution in [3.63, 3.8) is 0 Å². The average Bonchev–Trinajstić information content (AvgIpc) is 1.80. The summed E-state index contributed by atoms with van der Waals surface area (Å²) in [5.74, 6) is 0.692. The van der Waals surface area contributed by atoms with E-state index < -0.39 is 0 Å². The van der Waals surface area contributed by atoms with Crippen LogP contribution in [0, 0.1) is 5.92 Å². The van der Waals surface area contributed by atoms with Crippen molar-refractivity contribution in [3.8, 4) is 0 Å². The molecule has 0 amide bonds. The minimum Gasteiger partial charge on any atom is -0.325 e. The number of halogens is 1. The van der Waals surface area contributed by atoms with Crippen LogP contribution in [0.2, 0.25) is 0 Å². The molecule has 0 aliphatic carbocycles. The molecule has 0 spiro atoms. The van der Waals surface area contributed by atoms with Crippen molar-refractivity contribution in [1.29, 1.82) is 0 Å². The molecule has 0 aliphatic rings. The fourth-order valence-corrected chi connectivity index (χ4v) is 1.45. The lowest BCUT2D eigenvalue weighted by Gasteiger charge is -2.29. The van der Waals surface area contributed by atoms with Gasteiger partial charge in [0.05, 0.1) is 0 Å². The van der Waals surface area contributed by atoms with Crippen molar-refractivity contribution in [3.05, 3.63) is 0 Å². The lowest BCUT2D eigenvalue weighted by atomic mass is 9.83. The lowest BCUT2D eigenvalue weighted by Crippen LogP contribution is -2.40. The fourth-order valence-electron chi connectivity index (χ4n) is 1.45.